The van der Waals surface area contributed by atoms with Crippen molar-refractivity contribution in [1.29, 1.82) is 0 Å². The Hall–Kier alpha value is 0.690. The Morgan fingerprint density at radius 2 is 1.56 bits per heavy atom. The molecule has 0 saturated carbocycles. The van der Waals surface area contributed by atoms with Gasteiger partial charge in [-0.2, -0.15) is 0 Å². The van der Waals surface area contributed by atoms with Crippen LogP contribution in [0.25, 0.3) is 0 Å². The third-order valence-corrected chi connectivity index (χ3v) is 7.39. The normalized spacial score (nSPS) is 11.7. The maximum atomic E-state index is 3.46. The van der Waals surface area contributed by atoms with E-state index in [4.69, 9.17) is 0 Å². The van der Waals surface area contributed by atoms with Crippen LogP contribution in [0.5, 0.6) is 0 Å². The van der Waals surface area contributed by atoms with E-state index in [9.17, 15) is 0 Å². The summed E-state index contributed by atoms with van der Waals surface area (Å²) >= 11 is -0.620. The predicted molar refractivity (Wildman–Crippen MR) is 53.4 cm³/mol. The molecule has 0 heterocycles. The van der Waals surface area contributed by atoms with Gasteiger partial charge in [0.25, 0.3) is 0 Å². The van der Waals surface area contributed by atoms with Crippen molar-refractivity contribution in [1.82, 2.24) is 3.53 Å². The van der Waals surface area contributed by atoms with E-state index in [0.29, 0.717) is 0 Å². The molecule has 0 bridgehead atoms. The Labute approximate surface area is 66.3 Å². The summed E-state index contributed by atoms with van der Waals surface area (Å²) in [6, 6.07) is 0. The molecule has 0 aliphatic carbocycles. The molecule has 0 aromatic carbocycles. The van der Waals surface area contributed by atoms with Crippen LogP contribution in [-0.2, 0) is 0 Å². The van der Waals surface area contributed by atoms with Gasteiger partial charge in [0.2, 0.25) is 0 Å². The number of nitrogens with one attached hydrogen (secondary N) is 1. The second-order valence-corrected chi connectivity index (χ2v) is 7.86. The van der Waals surface area contributed by atoms with Gasteiger partial charge in [0, 0.05) is 0 Å². The minimum atomic E-state index is -0.620. The van der Waals surface area contributed by atoms with Crippen LogP contribution >= 0.6 is 20.1 Å². The van der Waals surface area contributed by atoms with Gasteiger partial charge in [0.05, 0.1) is 0 Å². The molecule has 0 saturated heterocycles. The zero-order valence-corrected chi connectivity index (χ0v) is 8.86. The first kappa shape index (κ1) is 9.69. The SMILES string of the molecule is CCCI(CCC)NC. The molecule has 0 amide bonds. The number of alkyl halides is 2. The van der Waals surface area contributed by atoms with Gasteiger partial charge in [-0.05, 0) is 0 Å². The molecule has 0 aliphatic rings. The van der Waals surface area contributed by atoms with Crippen LogP contribution in [0, 0.1) is 0 Å². The Balaban J connectivity index is 3.18. The maximum absolute atomic E-state index is 3.46. The van der Waals surface area contributed by atoms with E-state index >= 15 is 0 Å². The summed E-state index contributed by atoms with van der Waals surface area (Å²) in [5.74, 6) is 0. The van der Waals surface area contributed by atoms with Crippen molar-refractivity contribution >= 4 is 20.1 Å². The molecule has 0 rings (SSSR count). The zero-order valence-electron chi connectivity index (χ0n) is 6.71. The first-order valence-electron chi connectivity index (χ1n) is 3.64. The second-order valence-electron chi connectivity index (χ2n) is 2.02. The van der Waals surface area contributed by atoms with E-state index in [2.05, 4.69) is 24.4 Å². The van der Waals surface area contributed by atoms with Crippen LogP contribution < -0.4 is 3.53 Å². The van der Waals surface area contributed by atoms with Crippen molar-refractivity contribution in [3.63, 3.8) is 0 Å². The Morgan fingerprint density at radius 3 is 1.78 bits per heavy atom. The molecule has 0 aliphatic heterocycles. The van der Waals surface area contributed by atoms with Gasteiger partial charge in [0.1, 0.15) is 0 Å². The van der Waals surface area contributed by atoms with E-state index in [1.807, 2.05) is 0 Å². The molecule has 0 fully saturated rings. The zero-order chi connectivity index (χ0) is 7.11. The third-order valence-electron chi connectivity index (χ3n) is 1.10. The molecule has 0 radical (unpaired) electrons. The Bertz CT molecular complexity index is 50.9. The summed E-state index contributed by atoms with van der Waals surface area (Å²) in [5, 5.41) is 0. The van der Waals surface area contributed by atoms with Gasteiger partial charge in [-0.25, -0.2) is 0 Å². The molecule has 1 N–H and O–H groups in total. The van der Waals surface area contributed by atoms with E-state index in [1.54, 1.807) is 0 Å². The second kappa shape index (κ2) is 6.81. The van der Waals surface area contributed by atoms with E-state index in [1.165, 1.54) is 21.7 Å². The fourth-order valence-corrected chi connectivity index (χ4v) is 4.96. The van der Waals surface area contributed by atoms with Gasteiger partial charge in [0.15, 0.2) is 0 Å². The van der Waals surface area contributed by atoms with Crippen LogP contribution in [0.3, 0.4) is 0 Å². The molecule has 9 heavy (non-hydrogen) atoms. The molecule has 0 aromatic heterocycles. The van der Waals surface area contributed by atoms with Crippen molar-refractivity contribution in [2.24, 2.45) is 0 Å². The van der Waals surface area contributed by atoms with E-state index < -0.39 is 20.1 Å². The number of hydrogen-bond donors (Lipinski definition) is 1. The number of rotatable bonds is 5. The molecular formula is C7H18IN. The Morgan fingerprint density at radius 1 is 1.11 bits per heavy atom. The van der Waals surface area contributed by atoms with Crippen molar-refractivity contribution < 1.29 is 0 Å². The van der Waals surface area contributed by atoms with Crippen molar-refractivity contribution in [3.05, 3.63) is 0 Å². The fraction of sp³-hybridized carbons (Fsp3) is 1.00. The summed E-state index contributed by atoms with van der Waals surface area (Å²) in [6.45, 7) is 4.55. The average molecular weight is 243 g/mol. The van der Waals surface area contributed by atoms with Crippen LogP contribution in [-0.4, -0.2) is 15.9 Å². The quantitative estimate of drug-likeness (QED) is 0.444. The molecule has 0 spiro atoms. The third kappa shape index (κ3) is 5.15. The summed E-state index contributed by atoms with van der Waals surface area (Å²) in [7, 11) is 2.12. The molecule has 1 nitrogen and oxygen atoms in total. The van der Waals surface area contributed by atoms with Gasteiger partial charge in [-0.1, -0.05) is 0 Å². The van der Waals surface area contributed by atoms with E-state index in [-0.39, 0.29) is 0 Å². The standard InChI is InChI=1S/C7H18IN/c1-4-6-8(9-3)7-5-2/h9H,4-7H2,1-3H3. The molecule has 0 aromatic rings. The van der Waals surface area contributed by atoms with E-state index in [0.717, 1.165) is 0 Å². The van der Waals surface area contributed by atoms with Crippen molar-refractivity contribution in [3.8, 4) is 0 Å². The van der Waals surface area contributed by atoms with Crippen LogP contribution in [0.15, 0.2) is 0 Å². The first-order chi connectivity index (χ1) is 4.35. The molecule has 58 valence electrons. The molecular weight excluding hydrogens is 225 g/mol. The van der Waals surface area contributed by atoms with Gasteiger partial charge >= 0.3 is 66.2 Å². The summed E-state index contributed by atoms with van der Waals surface area (Å²) in [5.41, 5.74) is 0. The monoisotopic (exact) mass is 243 g/mol. The topological polar surface area (TPSA) is 12.0 Å². The predicted octanol–water partition coefficient (Wildman–Crippen LogP) is 2.45. The molecule has 2 heteroatoms. The number of hydrogen-bond acceptors (Lipinski definition) is 1. The van der Waals surface area contributed by atoms with Crippen LogP contribution in [0.2, 0.25) is 0 Å². The van der Waals surface area contributed by atoms with Crippen molar-refractivity contribution in [2.45, 2.75) is 26.7 Å². The summed E-state index contributed by atoms with van der Waals surface area (Å²) in [4.78, 5) is 0. The molecule has 0 unspecified atom stereocenters. The Kier molecular flexibility index (Phi) is 7.33. The number of halogens is 1. The van der Waals surface area contributed by atoms with Gasteiger partial charge < -0.3 is 0 Å². The minimum absolute atomic E-state index is 0.620. The van der Waals surface area contributed by atoms with Crippen LogP contribution in [0.4, 0.5) is 0 Å². The molecule has 0 atom stereocenters. The van der Waals surface area contributed by atoms with Crippen LogP contribution in [0.1, 0.15) is 26.7 Å². The fourth-order valence-electron chi connectivity index (χ4n) is 0.740. The summed E-state index contributed by atoms with van der Waals surface area (Å²) in [6.07, 6.45) is 2.73. The average Bonchev–Trinajstić information content (AvgIpc) is 1.88. The van der Waals surface area contributed by atoms with Crippen molar-refractivity contribution in [2.75, 3.05) is 15.9 Å². The van der Waals surface area contributed by atoms with Gasteiger partial charge in [-0.15, -0.1) is 0 Å². The first-order valence-corrected chi connectivity index (χ1v) is 7.77. The van der Waals surface area contributed by atoms with Gasteiger partial charge in [-0.3, -0.25) is 0 Å². The summed E-state index contributed by atoms with van der Waals surface area (Å²) < 4.78 is 6.42.